The summed E-state index contributed by atoms with van der Waals surface area (Å²) in [7, 11) is 0. The molecule has 3 heterocycles. The zero-order chi connectivity index (χ0) is 17.3. The summed E-state index contributed by atoms with van der Waals surface area (Å²) in [6.07, 6.45) is 3.56. The van der Waals surface area contributed by atoms with E-state index in [2.05, 4.69) is 32.5 Å². The second kappa shape index (κ2) is 6.18. The first-order valence-electron chi connectivity index (χ1n) is 8.14. The Morgan fingerprint density at radius 3 is 2.92 bits per heavy atom. The average Bonchev–Trinajstić information content (AvgIpc) is 3.00. The van der Waals surface area contributed by atoms with Crippen LogP contribution in [-0.4, -0.2) is 40.7 Å². The quantitative estimate of drug-likeness (QED) is 0.682. The molecule has 1 fully saturated rings. The van der Waals surface area contributed by atoms with Crippen LogP contribution in [0.2, 0.25) is 0 Å². The van der Waals surface area contributed by atoms with Gasteiger partial charge in [-0.3, -0.25) is 10.3 Å². The summed E-state index contributed by atoms with van der Waals surface area (Å²) in [4.78, 5) is 23.7. The molecule has 1 aliphatic rings. The van der Waals surface area contributed by atoms with Crippen molar-refractivity contribution in [1.29, 1.82) is 0 Å². The van der Waals surface area contributed by atoms with Crippen LogP contribution in [-0.2, 0) is 4.74 Å². The van der Waals surface area contributed by atoms with Gasteiger partial charge < -0.3 is 15.0 Å². The number of aromatic amines is 1. The Morgan fingerprint density at radius 2 is 2.20 bits per heavy atom. The average molecular weight is 337 g/mol. The molecule has 128 valence electrons. The smallest absolute Gasteiger partial charge is 0.321 e. The lowest BCUT2D eigenvalue weighted by atomic mass is 9.89. The number of nitrogens with one attached hydrogen (secondary N) is 3. The van der Waals surface area contributed by atoms with Crippen molar-refractivity contribution in [1.82, 2.24) is 20.3 Å². The zero-order valence-corrected chi connectivity index (χ0v) is 13.9. The number of urea groups is 1. The lowest BCUT2D eigenvalue weighted by Gasteiger charge is -2.37. The number of benzene rings is 1. The summed E-state index contributed by atoms with van der Waals surface area (Å²) in [5, 5.41) is 5.60. The third-order valence-electron chi connectivity index (χ3n) is 4.29. The number of rotatable bonds is 4. The molecule has 0 radical (unpaired) electrons. The Bertz CT molecular complexity index is 902. The minimum Gasteiger partial charge on any atom is -0.380 e. The highest BCUT2D eigenvalue weighted by Gasteiger charge is 2.33. The van der Waals surface area contributed by atoms with Crippen molar-refractivity contribution in [2.75, 3.05) is 25.1 Å². The summed E-state index contributed by atoms with van der Waals surface area (Å²) in [6, 6.07) is 9.53. The van der Waals surface area contributed by atoms with Gasteiger partial charge in [0.2, 0.25) is 5.95 Å². The number of carbonyl (C=O) groups is 1. The number of pyridine rings is 1. The van der Waals surface area contributed by atoms with E-state index in [0.29, 0.717) is 25.7 Å². The van der Waals surface area contributed by atoms with Gasteiger partial charge in [0.25, 0.3) is 0 Å². The van der Waals surface area contributed by atoms with Gasteiger partial charge in [0.1, 0.15) is 0 Å². The first-order valence-corrected chi connectivity index (χ1v) is 8.14. The van der Waals surface area contributed by atoms with Crippen LogP contribution < -0.4 is 10.6 Å². The van der Waals surface area contributed by atoms with E-state index in [-0.39, 0.29) is 11.4 Å². The van der Waals surface area contributed by atoms with Gasteiger partial charge in [-0.15, -0.1) is 0 Å². The van der Waals surface area contributed by atoms with Crippen LogP contribution in [0.15, 0.2) is 42.7 Å². The number of anilines is 1. The molecule has 1 aromatic carbocycles. The van der Waals surface area contributed by atoms with E-state index in [1.54, 1.807) is 6.20 Å². The summed E-state index contributed by atoms with van der Waals surface area (Å²) in [5.74, 6) is 0.422. The number of hydrogen-bond acceptors (Lipinski definition) is 4. The third kappa shape index (κ3) is 3.32. The monoisotopic (exact) mass is 337 g/mol. The van der Waals surface area contributed by atoms with Crippen LogP contribution in [0.4, 0.5) is 10.7 Å². The van der Waals surface area contributed by atoms with Gasteiger partial charge in [0.05, 0.1) is 24.2 Å². The number of fused-ring (bicyclic) bond motifs is 1. The molecule has 0 bridgehead atoms. The SMILES string of the molecule is CC1(CNC(=O)Nc2nc3ccc(-c4cccnc4)cc3[nH]2)COC1. The van der Waals surface area contributed by atoms with Crippen LogP contribution in [0.25, 0.3) is 22.2 Å². The van der Waals surface area contributed by atoms with E-state index in [4.69, 9.17) is 4.74 Å². The first-order chi connectivity index (χ1) is 12.1. The fourth-order valence-corrected chi connectivity index (χ4v) is 2.78. The number of carbonyl (C=O) groups excluding carboxylic acids is 1. The summed E-state index contributed by atoms with van der Waals surface area (Å²) in [6.45, 7) is 4.01. The van der Waals surface area contributed by atoms with Crippen molar-refractivity contribution in [3.05, 3.63) is 42.7 Å². The molecule has 0 spiro atoms. The fraction of sp³-hybridized carbons (Fsp3) is 0.278. The Balaban J connectivity index is 1.46. The highest BCUT2D eigenvalue weighted by Crippen LogP contribution is 2.25. The highest BCUT2D eigenvalue weighted by molar-refractivity contribution is 5.90. The van der Waals surface area contributed by atoms with E-state index in [1.165, 1.54) is 0 Å². The maximum Gasteiger partial charge on any atom is 0.321 e. The summed E-state index contributed by atoms with van der Waals surface area (Å²) >= 11 is 0. The van der Waals surface area contributed by atoms with Crippen molar-refractivity contribution < 1.29 is 9.53 Å². The van der Waals surface area contributed by atoms with Crippen molar-refractivity contribution in [2.45, 2.75) is 6.92 Å². The maximum absolute atomic E-state index is 12.0. The molecule has 1 saturated heterocycles. The molecule has 2 aromatic heterocycles. The van der Waals surface area contributed by atoms with Crippen molar-refractivity contribution in [3.8, 4) is 11.1 Å². The van der Waals surface area contributed by atoms with Gasteiger partial charge in [-0.05, 0) is 23.8 Å². The number of aromatic nitrogens is 3. The molecule has 3 N–H and O–H groups in total. The standard InChI is InChI=1S/C18H19N5O2/c1-18(10-25-11-18)9-20-17(24)23-16-21-14-5-4-12(7-15(14)22-16)13-3-2-6-19-8-13/h2-8H,9-11H2,1H3,(H3,20,21,22,23,24). The van der Waals surface area contributed by atoms with Crippen molar-refractivity contribution >= 4 is 23.0 Å². The second-order valence-electron chi connectivity index (χ2n) is 6.67. The Kier molecular flexibility index (Phi) is 3.85. The molecule has 3 aromatic rings. The third-order valence-corrected chi connectivity index (χ3v) is 4.29. The van der Waals surface area contributed by atoms with Crippen LogP contribution in [0, 0.1) is 5.41 Å². The second-order valence-corrected chi connectivity index (χ2v) is 6.67. The minimum absolute atomic E-state index is 0.0316. The van der Waals surface area contributed by atoms with Gasteiger partial charge in [-0.2, -0.15) is 0 Å². The number of hydrogen-bond donors (Lipinski definition) is 3. The van der Waals surface area contributed by atoms with Crippen LogP contribution in [0.1, 0.15) is 6.92 Å². The Labute approximate surface area is 144 Å². The molecular weight excluding hydrogens is 318 g/mol. The zero-order valence-electron chi connectivity index (χ0n) is 13.9. The van der Waals surface area contributed by atoms with Gasteiger partial charge in [0.15, 0.2) is 0 Å². The van der Waals surface area contributed by atoms with Crippen LogP contribution in [0.3, 0.4) is 0 Å². The molecule has 0 atom stereocenters. The Morgan fingerprint density at radius 1 is 1.32 bits per heavy atom. The van der Waals surface area contributed by atoms with E-state index in [9.17, 15) is 4.79 Å². The Hall–Kier alpha value is -2.93. The van der Waals surface area contributed by atoms with Gasteiger partial charge >= 0.3 is 6.03 Å². The normalized spacial score (nSPS) is 15.6. The molecule has 25 heavy (non-hydrogen) atoms. The largest absolute Gasteiger partial charge is 0.380 e. The number of H-pyrrole nitrogens is 1. The lowest BCUT2D eigenvalue weighted by molar-refractivity contribution is -0.0974. The van der Waals surface area contributed by atoms with Gasteiger partial charge in [0, 0.05) is 29.9 Å². The molecular formula is C18H19N5O2. The number of imidazole rings is 1. The van der Waals surface area contributed by atoms with E-state index < -0.39 is 0 Å². The topological polar surface area (TPSA) is 91.9 Å². The molecule has 0 aliphatic carbocycles. The fourth-order valence-electron chi connectivity index (χ4n) is 2.78. The van der Waals surface area contributed by atoms with E-state index in [0.717, 1.165) is 22.2 Å². The van der Waals surface area contributed by atoms with Crippen LogP contribution in [0.5, 0.6) is 0 Å². The molecule has 7 nitrogen and oxygen atoms in total. The summed E-state index contributed by atoms with van der Waals surface area (Å²) in [5.41, 5.74) is 3.75. The number of ether oxygens (including phenoxy) is 1. The van der Waals surface area contributed by atoms with Crippen LogP contribution >= 0.6 is 0 Å². The predicted octanol–water partition coefficient (Wildman–Crippen LogP) is 2.78. The van der Waals surface area contributed by atoms with Gasteiger partial charge in [-0.1, -0.05) is 19.1 Å². The molecule has 1 aliphatic heterocycles. The minimum atomic E-state index is -0.278. The maximum atomic E-state index is 12.0. The number of amides is 2. The highest BCUT2D eigenvalue weighted by atomic mass is 16.5. The summed E-state index contributed by atoms with van der Waals surface area (Å²) < 4.78 is 5.18. The molecule has 4 rings (SSSR count). The van der Waals surface area contributed by atoms with Crippen molar-refractivity contribution in [2.24, 2.45) is 5.41 Å². The predicted molar refractivity (Wildman–Crippen MR) is 95.3 cm³/mol. The lowest BCUT2D eigenvalue weighted by Crippen LogP contribution is -2.49. The molecule has 0 unspecified atom stereocenters. The molecule has 2 amide bonds. The number of nitrogens with zero attached hydrogens (tertiary/aromatic N) is 2. The van der Waals surface area contributed by atoms with Crippen molar-refractivity contribution in [3.63, 3.8) is 0 Å². The van der Waals surface area contributed by atoms with E-state index in [1.807, 2.05) is 36.5 Å². The molecule has 7 heteroatoms. The van der Waals surface area contributed by atoms with E-state index >= 15 is 0 Å². The van der Waals surface area contributed by atoms with Gasteiger partial charge in [-0.25, -0.2) is 9.78 Å². The first kappa shape index (κ1) is 15.6. The molecule has 0 saturated carbocycles.